The van der Waals surface area contributed by atoms with E-state index in [1.54, 1.807) is 24.3 Å². The number of nitrogens with two attached hydrogens (primary N) is 1. The minimum Gasteiger partial charge on any atom is -0.497 e. The Morgan fingerprint density at radius 3 is 2.77 bits per heavy atom. The fourth-order valence-corrected chi connectivity index (χ4v) is 1.02. The largest absolute Gasteiger partial charge is 0.497 e. The summed E-state index contributed by atoms with van der Waals surface area (Å²) < 4.78 is 4.95. The van der Waals surface area contributed by atoms with Gasteiger partial charge in [-0.25, -0.2) is 0 Å². The highest BCUT2D eigenvalue weighted by Gasteiger charge is 2.08. The zero-order valence-electron chi connectivity index (χ0n) is 7.11. The molecule has 0 unspecified atom stereocenters. The van der Waals surface area contributed by atoms with E-state index >= 15 is 0 Å². The van der Waals surface area contributed by atoms with Gasteiger partial charge in [-0.1, -0.05) is 24.4 Å². The minimum atomic E-state index is -0.339. The van der Waals surface area contributed by atoms with Crippen molar-refractivity contribution in [3.63, 3.8) is 0 Å². The van der Waals surface area contributed by atoms with Crippen molar-refractivity contribution in [2.24, 2.45) is 5.73 Å². The molecule has 0 radical (unpaired) electrons. The number of hydrogen-bond donors (Lipinski definition) is 1. The first-order chi connectivity index (χ1) is 6.15. The molecule has 0 spiro atoms. The maximum atomic E-state index is 11.3. The van der Waals surface area contributed by atoms with Crippen LogP contribution >= 0.6 is 12.2 Å². The molecule has 0 aliphatic heterocycles. The second-order valence-electron chi connectivity index (χ2n) is 2.43. The Kier molecular flexibility index (Phi) is 2.97. The van der Waals surface area contributed by atoms with Crippen molar-refractivity contribution in [1.82, 2.24) is 0 Å². The van der Waals surface area contributed by atoms with Gasteiger partial charge < -0.3 is 10.5 Å². The van der Waals surface area contributed by atoms with E-state index in [4.69, 9.17) is 10.5 Å². The molecule has 0 fully saturated rings. The summed E-state index contributed by atoms with van der Waals surface area (Å²) in [5.41, 5.74) is 5.65. The molecule has 0 amide bonds. The van der Waals surface area contributed by atoms with E-state index in [0.717, 1.165) is 0 Å². The first-order valence-electron chi connectivity index (χ1n) is 3.63. The molecule has 0 saturated carbocycles. The highest BCUT2D eigenvalue weighted by Crippen LogP contribution is 2.12. The summed E-state index contributed by atoms with van der Waals surface area (Å²) in [5.74, 6) is 0.274. The molecule has 4 heteroatoms. The van der Waals surface area contributed by atoms with Gasteiger partial charge in [-0.2, -0.15) is 0 Å². The molecule has 0 aliphatic carbocycles. The first-order valence-corrected chi connectivity index (χ1v) is 4.04. The van der Waals surface area contributed by atoms with Crippen LogP contribution in [0.15, 0.2) is 24.3 Å². The molecule has 0 atom stereocenters. The predicted octanol–water partition coefficient (Wildman–Crippen LogP) is 1.16. The van der Waals surface area contributed by atoms with Crippen LogP contribution in [0.4, 0.5) is 0 Å². The smallest absolute Gasteiger partial charge is 0.219 e. The summed E-state index contributed by atoms with van der Waals surface area (Å²) in [7, 11) is 1.53. The van der Waals surface area contributed by atoms with Crippen molar-refractivity contribution in [1.29, 1.82) is 0 Å². The van der Waals surface area contributed by atoms with Crippen molar-refractivity contribution >= 4 is 23.0 Å². The summed E-state index contributed by atoms with van der Waals surface area (Å²) in [6.45, 7) is 0. The standard InChI is InChI=1S/C9H9NO2S/c1-12-7-4-2-3-6(5-7)8(11)9(10)13/h2-5H,1H3,(H2,10,13). The summed E-state index contributed by atoms with van der Waals surface area (Å²) in [4.78, 5) is 11.2. The average molecular weight is 195 g/mol. The van der Waals surface area contributed by atoms with Gasteiger partial charge in [0.15, 0.2) is 0 Å². The Bertz CT molecular complexity index is 349. The van der Waals surface area contributed by atoms with Gasteiger partial charge in [-0.3, -0.25) is 4.79 Å². The van der Waals surface area contributed by atoms with Crippen molar-refractivity contribution in [2.75, 3.05) is 7.11 Å². The summed E-state index contributed by atoms with van der Waals surface area (Å²) in [6.07, 6.45) is 0. The summed E-state index contributed by atoms with van der Waals surface area (Å²) in [6, 6.07) is 6.70. The topological polar surface area (TPSA) is 52.3 Å². The van der Waals surface area contributed by atoms with Crippen molar-refractivity contribution in [3.8, 4) is 5.75 Å². The van der Waals surface area contributed by atoms with Gasteiger partial charge in [-0.15, -0.1) is 0 Å². The zero-order chi connectivity index (χ0) is 9.84. The number of thiocarbonyl (C=S) groups is 1. The van der Waals surface area contributed by atoms with Crippen molar-refractivity contribution < 1.29 is 9.53 Å². The Morgan fingerprint density at radius 2 is 2.23 bits per heavy atom. The molecule has 2 N–H and O–H groups in total. The second kappa shape index (κ2) is 4.00. The maximum Gasteiger partial charge on any atom is 0.219 e. The van der Waals surface area contributed by atoms with E-state index in [-0.39, 0.29) is 10.8 Å². The predicted molar refractivity (Wildman–Crippen MR) is 54.1 cm³/mol. The van der Waals surface area contributed by atoms with Crippen LogP contribution in [0, 0.1) is 0 Å². The van der Waals surface area contributed by atoms with Crippen LogP contribution in [0.1, 0.15) is 10.4 Å². The first kappa shape index (κ1) is 9.67. The molecule has 0 bridgehead atoms. The number of rotatable bonds is 3. The van der Waals surface area contributed by atoms with Gasteiger partial charge in [0.1, 0.15) is 10.7 Å². The summed E-state index contributed by atoms with van der Waals surface area (Å²) >= 11 is 4.57. The van der Waals surface area contributed by atoms with E-state index in [2.05, 4.69) is 12.2 Å². The molecule has 0 saturated heterocycles. The van der Waals surface area contributed by atoms with Gasteiger partial charge in [-0.05, 0) is 12.1 Å². The molecular weight excluding hydrogens is 186 g/mol. The molecule has 0 heterocycles. The minimum absolute atomic E-state index is 0.131. The van der Waals surface area contributed by atoms with Crippen molar-refractivity contribution in [2.45, 2.75) is 0 Å². The third-order valence-electron chi connectivity index (χ3n) is 1.56. The van der Waals surface area contributed by atoms with Crippen LogP contribution in [-0.2, 0) is 0 Å². The summed E-state index contributed by atoms with van der Waals surface area (Å²) in [5, 5.41) is 0. The quantitative estimate of drug-likeness (QED) is 0.581. The van der Waals surface area contributed by atoms with E-state index < -0.39 is 0 Å². The van der Waals surface area contributed by atoms with E-state index in [1.165, 1.54) is 7.11 Å². The molecule has 1 aromatic carbocycles. The number of Topliss-reactive ketones (excluding diaryl/α,β-unsaturated/α-hetero) is 1. The van der Waals surface area contributed by atoms with Crippen LogP contribution in [-0.4, -0.2) is 17.9 Å². The Balaban J connectivity index is 3.02. The Hall–Kier alpha value is -1.42. The normalized spacial score (nSPS) is 9.31. The van der Waals surface area contributed by atoms with Gasteiger partial charge in [0, 0.05) is 5.56 Å². The number of ether oxygens (including phenoxy) is 1. The highest BCUT2D eigenvalue weighted by molar-refractivity contribution is 7.82. The molecule has 13 heavy (non-hydrogen) atoms. The third kappa shape index (κ3) is 2.26. The highest BCUT2D eigenvalue weighted by atomic mass is 32.1. The van der Waals surface area contributed by atoms with Gasteiger partial charge >= 0.3 is 0 Å². The van der Waals surface area contributed by atoms with E-state index in [1.807, 2.05) is 0 Å². The molecule has 68 valence electrons. The van der Waals surface area contributed by atoms with Gasteiger partial charge in [0.05, 0.1) is 7.11 Å². The number of ketones is 1. The lowest BCUT2D eigenvalue weighted by molar-refractivity contribution is 0.106. The van der Waals surface area contributed by atoms with E-state index in [0.29, 0.717) is 11.3 Å². The molecule has 0 aliphatic rings. The van der Waals surface area contributed by atoms with Gasteiger partial charge in [0.2, 0.25) is 5.78 Å². The SMILES string of the molecule is COc1cccc(C(=O)C(N)=S)c1. The van der Waals surface area contributed by atoms with Gasteiger partial charge in [0.25, 0.3) is 0 Å². The van der Waals surface area contributed by atoms with E-state index in [9.17, 15) is 4.79 Å². The molecule has 1 rings (SSSR count). The van der Waals surface area contributed by atoms with Crippen LogP contribution < -0.4 is 10.5 Å². The Labute approximate surface area is 81.5 Å². The number of hydrogen-bond acceptors (Lipinski definition) is 3. The molecule has 3 nitrogen and oxygen atoms in total. The second-order valence-corrected chi connectivity index (χ2v) is 2.87. The Morgan fingerprint density at radius 1 is 1.54 bits per heavy atom. The maximum absolute atomic E-state index is 11.3. The fourth-order valence-electron chi connectivity index (χ4n) is 0.907. The van der Waals surface area contributed by atoms with Crippen molar-refractivity contribution in [3.05, 3.63) is 29.8 Å². The van der Waals surface area contributed by atoms with Crippen LogP contribution in [0.5, 0.6) is 5.75 Å². The zero-order valence-corrected chi connectivity index (χ0v) is 7.93. The lowest BCUT2D eigenvalue weighted by Crippen LogP contribution is -2.20. The monoisotopic (exact) mass is 195 g/mol. The third-order valence-corrected chi connectivity index (χ3v) is 1.74. The lowest BCUT2D eigenvalue weighted by Gasteiger charge is -2.01. The lowest BCUT2D eigenvalue weighted by atomic mass is 10.1. The fraction of sp³-hybridized carbons (Fsp3) is 0.111. The molecular formula is C9H9NO2S. The van der Waals surface area contributed by atoms with Crippen LogP contribution in [0.3, 0.4) is 0 Å². The van der Waals surface area contributed by atoms with Crippen LogP contribution in [0.2, 0.25) is 0 Å². The number of carbonyl (C=O) groups excluding carboxylic acids is 1. The molecule has 0 aromatic heterocycles. The molecule has 1 aromatic rings. The number of benzene rings is 1. The van der Waals surface area contributed by atoms with Crippen LogP contribution in [0.25, 0.3) is 0 Å². The average Bonchev–Trinajstić information content (AvgIpc) is 2.16. The number of carbonyl (C=O) groups is 1. The number of methoxy groups -OCH3 is 1.